The molecule has 3 rings (SSSR count). The summed E-state index contributed by atoms with van der Waals surface area (Å²) in [5.41, 5.74) is 1.85. The van der Waals surface area contributed by atoms with Crippen LogP contribution in [0.1, 0.15) is 43.7 Å². The highest BCUT2D eigenvalue weighted by Crippen LogP contribution is 2.30. The third-order valence-corrected chi connectivity index (χ3v) is 5.34. The van der Waals surface area contributed by atoms with Gasteiger partial charge in [0.15, 0.2) is 0 Å². The van der Waals surface area contributed by atoms with E-state index in [1.54, 1.807) is 60.1 Å². The lowest BCUT2D eigenvalue weighted by Gasteiger charge is -2.14. The van der Waals surface area contributed by atoms with Crippen molar-refractivity contribution in [3.63, 3.8) is 0 Å². The maximum absolute atomic E-state index is 12.7. The molecule has 0 aliphatic carbocycles. The molecular weight excluding hydrogens is 451 g/mol. The summed E-state index contributed by atoms with van der Waals surface area (Å²) in [6.07, 6.45) is 0. The molecular formula is C23H24Cl2N4O3. The minimum absolute atomic E-state index is 0.246. The van der Waals surface area contributed by atoms with Crippen LogP contribution in [-0.4, -0.2) is 28.4 Å². The zero-order chi connectivity index (χ0) is 23.5. The molecule has 0 spiro atoms. The van der Waals surface area contributed by atoms with Crippen LogP contribution in [0.4, 0.5) is 16.3 Å². The van der Waals surface area contributed by atoms with Gasteiger partial charge in [0.25, 0.3) is 0 Å². The molecule has 0 aliphatic heterocycles. The van der Waals surface area contributed by atoms with E-state index in [0.29, 0.717) is 27.8 Å². The Labute approximate surface area is 196 Å². The normalized spacial score (nSPS) is 11.2. The number of rotatable bonds is 5. The first-order valence-corrected chi connectivity index (χ1v) is 10.8. The van der Waals surface area contributed by atoms with Crippen molar-refractivity contribution in [2.24, 2.45) is 0 Å². The molecule has 0 radical (unpaired) electrons. The SMILES string of the molecule is CCOC(=O)c1cccc(-n2nc(C(C)(C)C)cc2NC(=O)Nc2cccc(Cl)c2Cl)c1. The molecule has 3 aromatic rings. The van der Waals surface area contributed by atoms with Crippen molar-refractivity contribution in [2.75, 3.05) is 17.2 Å². The standard InChI is InChI=1S/C23H24Cl2N4O3/c1-5-32-21(30)14-8-6-9-15(12-14)29-19(13-18(28-29)23(2,3)4)27-22(31)26-17-11-7-10-16(24)20(17)25/h6-13H,5H2,1-4H3,(H2,26,27,31). The summed E-state index contributed by atoms with van der Waals surface area (Å²) in [5, 5.41) is 10.7. The van der Waals surface area contributed by atoms with Gasteiger partial charge in [-0.2, -0.15) is 5.10 Å². The Balaban J connectivity index is 1.95. The first kappa shape index (κ1) is 23.6. The number of nitrogens with one attached hydrogen (secondary N) is 2. The van der Waals surface area contributed by atoms with Crippen molar-refractivity contribution in [3.05, 3.63) is 69.8 Å². The number of benzene rings is 2. The predicted molar refractivity (Wildman–Crippen MR) is 127 cm³/mol. The minimum Gasteiger partial charge on any atom is -0.462 e. The average molecular weight is 475 g/mol. The Morgan fingerprint density at radius 2 is 1.78 bits per heavy atom. The molecule has 32 heavy (non-hydrogen) atoms. The van der Waals surface area contributed by atoms with Crippen LogP contribution in [-0.2, 0) is 10.2 Å². The topological polar surface area (TPSA) is 85.2 Å². The molecule has 0 bridgehead atoms. The first-order chi connectivity index (χ1) is 15.1. The molecule has 168 valence electrons. The lowest BCUT2D eigenvalue weighted by molar-refractivity contribution is 0.0526. The second-order valence-electron chi connectivity index (χ2n) is 8.03. The fraction of sp³-hybridized carbons (Fsp3) is 0.261. The summed E-state index contributed by atoms with van der Waals surface area (Å²) in [6.45, 7) is 8.08. The van der Waals surface area contributed by atoms with E-state index in [9.17, 15) is 9.59 Å². The number of ether oxygens (including phenoxy) is 1. The van der Waals surface area contributed by atoms with Crippen LogP contribution in [0, 0.1) is 0 Å². The highest BCUT2D eigenvalue weighted by Gasteiger charge is 2.22. The van der Waals surface area contributed by atoms with Gasteiger partial charge in [0, 0.05) is 11.5 Å². The third kappa shape index (κ3) is 5.41. The van der Waals surface area contributed by atoms with E-state index in [4.69, 9.17) is 27.9 Å². The molecule has 0 saturated carbocycles. The fourth-order valence-corrected chi connectivity index (χ4v) is 3.23. The van der Waals surface area contributed by atoms with Gasteiger partial charge in [-0.15, -0.1) is 0 Å². The number of anilines is 2. The van der Waals surface area contributed by atoms with Gasteiger partial charge in [-0.25, -0.2) is 14.3 Å². The van der Waals surface area contributed by atoms with Gasteiger partial charge in [-0.05, 0) is 37.3 Å². The van der Waals surface area contributed by atoms with Crippen LogP contribution in [0.2, 0.25) is 10.0 Å². The largest absolute Gasteiger partial charge is 0.462 e. The Bertz CT molecular complexity index is 1150. The summed E-state index contributed by atoms with van der Waals surface area (Å²) in [7, 11) is 0. The van der Waals surface area contributed by atoms with Crippen molar-refractivity contribution in [3.8, 4) is 5.69 Å². The molecule has 9 heteroatoms. The molecule has 2 aromatic carbocycles. The monoisotopic (exact) mass is 474 g/mol. The second kappa shape index (κ2) is 9.63. The minimum atomic E-state index is -0.516. The van der Waals surface area contributed by atoms with Gasteiger partial charge in [-0.3, -0.25) is 5.32 Å². The van der Waals surface area contributed by atoms with Crippen molar-refractivity contribution in [1.29, 1.82) is 0 Å². The van der Waals surface area contributed by atoms with Crippen LogP contribution in [0.15, 0.2) is 48.5 Å². The number of urea groups is 1. The molecule has 7 nitrogen and oxygen atoms in total. The van der Waals surface area contributed by atoms with E-state index >= 15 is 0 Å². The van der Waals surface area contributed by atoms with Crippen molar-refractivity contribution in [2.45, 2.75) is 33.1 Å². The number of aromatic nitrogens is 2. The van der Waals surface area contributed by atoms with Gasteiger partial charge in [0.2, 0.25) is 0 Å². The molecule has 0 fully saturated rings. The molecule has 2 amide bonds. The summed E-state index contributed by atoms with van der Waals surface area (Å²) >= 11 is 12.2. The Morgan fingerprint density at radius 1 is 1.06 bits per heavy atom. The fourth-order valence-electron chi connectivity index (χ4n) is 2.88. The number of carbonyl (C=O) groups excluding carboxylic acids is 2. The lowest BCUT2D eigenvalue weighted by atomic mass is 9.92. The van der Waals surface area contributed by atoms with E-state index in [0.717, 1.165) is 5.69 Å². The van der Waals surface area contributed by atoms with Crippen LogP contribution in [0.5, 0.6) is 0 Å². The molecule has 2 N–H and O–H groups in total. The van der Waals surface area contributed by atoms with Crippen LogP contribution >= 0.6 is 23.2 Å². The summed E-state index contributed by atoms with van der Waals surface area (Å²) < 4.78 is 6.66. The first-order valence-electron chi connectivity index (χ1n) is 10.00. The molecule has 1 aromatic heterocycles. The number of esters is 1. The molecule has 0 saturated heterocycles. The smallest absolute Gasteiger partial charge is 0.338 e. The van der Waals surface area contributed by atoms with E-state index < -0.39 is 12.0 Å². The van der Waals surface area contributed by atoms with Crippen molar-refractivity contribution >= 4 is 46.7 Å². The predicted octanol–water partition coefficient (Wildman–Crippen LogP) is 6.30. The molecule has 0 unspecified atom stereocenters. The summed E-state index contributed by atoms with van der Waals surface area (Å²) in [5.74, 6) is -0.00742. The van der Waals surface area contributed by atoms with Gasteiger partial charge in [0.1, 0.15) is 5.82 Å². The highest BCUT2D eigenvalue weighted by molar-refractivity contribution is 6.44. The average Bonchev–Trinajstić information content (AvgIpc) is 3.16. The molecule has 1 heterocycles. The maximum atomic E-state index is 12.7. The Morgan fingerprint density at radius 3 is 2.47 bits per heavy atom. The van der Waals surface area contributed by atoms with E-state index in [1.807, 2.05) is 20.8 Å². The zero-order valence-electron chi connectivity index (χ0n) is 18.2. The van der Waals surface area contributed by atoms with Gasteiger partial charge in [0.05, 0.1) is 39.3 Å². The van der Waals surface area contributed by atoms with Gasteiger partial charge >= 0.3 is 12.0 Å². The second-order valence-corrected chi connectivity index (χ2v) is 8.81. The number of nitrogens with zero attached hydrogens (tertiary/aromatic N) is 2. The van der Waals surface area contributed by atoms with E-state index in [2.05, 4.69) is 15.7 Å². The lowest BCUT2D eigenvalue weighted by Crippen LogP contribution is -2.21. The zero-order valence-corrected chi connectivity index (χ0v) is 19.7. The number of hydrogen-bond donors (Lipinski definition) is 2. The van der Waals surface area contributed by atoms with E-state index in [1.165, 1.54) is 0 Å². The van der Waals surface area contributed by atoms with Crippen LogP contribution in [0.25, 0.3) is 5.69 Å². The van der Waals surface area contributed by atoms with Crippen molar-refractivity contribution < 1.29 is 14.3 Å². The molecule has 0 atom stereocenters. The number of halogens is 2. The third-order valence-electron chi connectivity index (χ3n) is 4.52. The summed E-state index contributed by atoms with van der Waals surface area (Å²) in [6, 6.07) is 13.1. The highest BCUT2D eigenvalue weighted by atomic mass is 35.5. The molecule has 0 aliphatic rings. The number of amides is 2. The van der Waals surface area contributed by atoms with Crippen LogP contribution in [0.3, 0.4) is 0 Å². The maximum Gasteiger partial charge on any atom is 0.338 e. The summed E-state index contributed by atoms with van der Waals surface area (Å²) in [4.78, 5) is 24.9. The van der Waals surface area contributed by atoms with Gasteiger partial charge in [-0.1, -0.05) is 56.1 Å². The van der Waals surface area contributed by atoms with Crippen molar-refractivity contribution in [1.82, 2.24) is 9.78 Å². The number of carbonyl (C=O) groups is 2. The Hall–Kier alpha value is -3.03. The van der Waals surface area contributed by atoms with E-state index in [-0.39, 0.29) is 17.0 Å². The Kier molecular flexibility index (Phi) is 7.11. The number of hydrogen-bond acceptors (Lipinski definition) is 4. The quantitative estimate of drug-likeness (QED) is 0.425. The van der Waals surface area contributed by atoms with Crippen LogP contribution < -0.4 is 10.6 Å². The van der Waals surface area contributed by atoms with Gasteiger partial charge < -0.3 is 10.1 Å².